The van der Waals surface area contributed by atoms with E-state index < -0.39 is 5.72 Å². The van der Waals surface area contributed by atoms with Gasteiger partial charge in [-0.15, -0.1) is 0 Å². The minimum atomic E-state index is -0.525. The summed E-state index contributed by atoms with van der Waals surface area (Å²) in [6.45, 7) is 2.62. The number of hydrogen-bond acceptors (Lipinski definition) is 4. The molecule has 0 amide bonds. The van der Waals surface area contributed by atoms with Crippen LogP contribution >= 0.6 is 0 Å². The Labute approximate surface area is 167 Å². The van der Waals surface area contributed by atoms with Gasteiger partial charge in [-0.25, -0.2) is 0 Å². The number of rotatable bonds is 5. The third kappa shape index (κ3) is 3.44. The first-order valence-corrected chi connectivity index (χ1v) is 9.81. The molecule has 0 bridgehead atoms. The fourth-order valence-electron chi connectivity index (χ4n) is 4.73. The molecule has 4 heteroatoms. The van der Waals surface area contributed by atoms with Gasteiger partial charge in [-0.05, 0) is 36.5 Å². The molecule has 4 atom stereocenters. The first-order chi connectivity index (χ1) is 13.6. The van der Waals surface area contributed by atoms with Crippen molar-refractivity contribution in [3.8, 4) is 6.07 Å². The summed E-state index contributed by atoms with van der Waals surface area (Å²) in [7, 11) is 1.70. The fraction of sp³-hybridized carbons (Fsp3) is 0.375. The molecule has 0 radical (unpaired) electrons. The summed E-state index contributed by atoms with van der Waals surface area (Å²) in [4.78, 5) is 2.15. The van der Waals surface area contributed by atoms with Crippen molar-refractivity contribution < 1.29 is 9.47 Å². The van der Waals surface area contributed by atoms with E-state index in [9.17, 15) is 5.26 Å². The maximum absolute atomic E-state index is 9.92. The predicted octanol–water partition coefficient (Wildman–Crippen LogP) is 4.46. The lowest BCUT2D eigenvalue weighted by molar-refractivity contribution is -0.0970. The zero-order valence-corrected chi connectivity index (χ0v) is 16.4. The molecule has 28 heavy (non-hydrogen) atoms. The van der Waals surface area contributed by atoms with Crippen molar-refractivity contribution in [1.29, 1.82) is 5.26 Å². The molecular weight excluding hydrogens is 348 g/mol. The molecule has 0 aromatic heterocycles. The standard InChI is InChI=1S/C24H26N2O2/c1-24-15-19(13-18-9-5-3-6-10-18)14-21(16-25)26(24)22(17-27-2)23(28-24)20-11-7-4-8-12-20/h3-12,14,19,22-23H,13,15,17H2,1-2H3/t19-,22+,23+,24-/m1/s1. The molecule has 2 aromatic rings. The molecule has 2 aromatic carbocycles. The maximum atomic E-state index is 9.92. The molecule has 0 aliphatic carbocycles. The van der Waals surface area contributed by atoms with Gasteiger partial charge in [-0.1, -0.05) is 60.7 Å². The van der Waals surface area contributed by atoms with Crippen LogP contribution in [0.15, 0.2) is 72.4 Å². The number of nitriles is 1. The highest BCUT2D eigenvalue weighted by molar-refractivity contribution is 5.32. The minimum Gasteiger partial charge on any atom is -0.382 e. The van der Waals surface area contributed by atoms with E-state index in [1.54, 1.807) is 7.11 Å². The second-order valence-corrected chi connectivity index (χ2v) is 7.83. The lowest BCUT2D eigenvalue weighted by atomic mass is 9.86. The van der Waals surface area contributed by atoms with Crippen LogP contribution in [0.2, 0.25) is 0 Å². The Kier molecular flexibility index (Phi) is 5.21. The molecule has 144 valence electrons. The van der Waals surface area contributed by atoms with Gasteiger partial charge in [-0.2, -0.15) is 5.26 Å². The summed E-state index contributed by atoms with van der Waals surface area (Å²) in [5.41, 5.74) is 2.57. The van der Waals surface area contributed by atoms with Crippen LogP contribution in [0.3, 0.4) is 0 Å². The first kappa shape index (κ1) is 18.7. The van der Waals surface area contributed by atoms with Crippen molar-refractivity contribution in [2.24, 2.45) is 5.92 Å². The Morgan fingerprint density at radius 2 is 1.82 bits per heavy atom. The Balaban J connectivity index is 1.67. The van der Waals surface area contributed by atoms with Crippen LogP contribution in [0.4, 0.5) is 0 Å². The highest BCUT2D eigenvalue weighted by Gasteiger charge is 2.53. The molecule has 0 N–H and O–H groups in total. The highest BCUT2D eigenvalue weighted by atomic mass is 16.5. The molecule has 4 nitrogen and oxygen atoms in total. The van der Waals surface area contributed by atoms with Crippen molar-refractivity contribution >= 4 is 0 Å². The normalized spacial score (nSPS) is 29.1. The quantitative estimate of drug-likeness (QED) is 0.775. The van der Waals surface area contributed by atoms with E-state index in [0.717, 1.165) is 18.4 Å². The van der Waals surface area contributed by atoms with Crippen LogP contribution < -0.4 is 0 Å². The summed E-state index contributed by atoms with van der Waals surface area (Å²) in [5, 5.41) is 9.92. The average Bonchev–Trinajstić information content (AvgIpc) is 3.01. The van der Waals surface area contributed by atoms with Gasteiger partial charge in [0.05, 0.1) is 12.6 Å². The Morgan fingerprint density at radius 1 is 1.14 bits per heavy atom. The van der Waals surface area contributed by atoms with E-state index in [-0.39, 0.29) is 18.1 Å². The molecule has 0 unspecified atom stereocenters. The number of methoxy groups -OCH3 is 1. The Morgan fingerprint density at radius 3 is 2.46 bits per heavy atom. The molecule has 0 spiro atoms. The number of hydrogen-bond donors (Lipinski definition) is 0. The zero-order valence-electron chi connectivity index (χ0n) is 16.4. The number of fused-ring (bicyclic) bond motifs is 1. The van der Waals surface area contributed by atoms with Gasteiger partial charge < -0.3 is 14.4 Å². The largest absolute Gasteiger partial charge is 0.382 e. The molecule has 2 aliphatic heterocycles. The SMILES string of the molecule is COC[C@H]1[C@H](c2ccccc2)O[C@]2(C)C[C@H](Cc3ccccc3)C=C(C#N)N12. The molecule has 0 saturated carbocycles. The molecule has 1 fully saturated rings. The molecular formula is C24H26N2O2. The molecule has 1 saturated heterocycles. The van der Waals surface area contributed by atoms with E-state index in [1.807, 2.05) is 24.3 Å². The van der Waals surface area contributed by atoms with E-state index in [0.29, 0.717) is 12.3 Å². The Bertz CT molecular complexity index is 874. The first-order valence-electron chi connectivity index (χ1n) is 9.81. The van der Waals surface area contributed by atoms with Crippen LogP contribution in [0.1, 0.15) is 30.6 Å². The number of benzene rings is 2. The Hall–Kier alpha value is -2.61. The van der Waals surface area contributed by atoms with E-state index in [4.69, 9.17) is 9.47 Å². The summed E-state index contributed by atoms with van der Waals surface area (Å²) < 4.78 is 12.2. The third-order valence-corrected chi connectivity index (χ3v) is 5.79. The zero-order chi connectivity index (χ0) is 19.6. The third-order valence-electron chi connectivity index (χ3n) is 5.79. The fourth-order valence-corrected chi connectivity index (χ4v) is 4.73. The van der Waals surface area contributed by atoms with E-state index in [1.165, 1.54) is 5.56 Å². The van der Waals surface area contributed by atoms with Gasteiger partial charge >= 0.3 is 0 Å². The van der Waals surface area contributed by atoms with Crippen molar-refractivity contribution in [3.05, 3.63) is 83.6 Å². The van der Waals surface area contributed by atoms with Gasteiger partial charge in [0, 0.05) is 13.5 Å². The van der Waals surface area contributed by atoms with Crippen molar-refractivity contribution in [3.63, 3.8) is 0 Å². The van der Waals surface area contributed by atoms with E-state index >= 15 is 0 Å². The molecule has 2 aliphatic rings. The average molecular weight is 374 g/mol. The summed E-state index contributed by atoms with van der Waals surface area (Å²) >= 11 is 0. The smallest absolute Gasteiger partial charge is 0.140 e. The second-order valence-electron chi connectivity index (χ2n) is 7.83. The second kappa shape index (κ2) is 7.79. The number of nitrogens with zero attached hydrogens (tertiary/aromatic N) is 2. The number of ether oxygens (including phenoxy) is 2. The van der Waals surface area contributed by atoms with Gasteiger partial charge in [-0.3, -0.25) is 0 Å². The molecule has 4 rings (SSSR count). The summed E-state index contributed by atoms with van der Waals surface area (Å²) in [5.74, 6) is 0.260. The monoisotopic (exact) mass is 374 g/mol. The van der Waals surface area contributed by atoms with Crippen LogP contribution in [0, 0.1) is 17.2 Å². The topological polar surface area (TPSA) is 45.5 Å². The highest BCUT2D eigenvalue weighted by Crippen LogP contribution is 2.49. The minimum absolute atomic E-state index is 0.0269. The van der Waals surface area contributed by atoms with E-state index in [2.05, 4.69) is 60.4 Å². The van der Waals surface area contributed by atoms with Crippen LogP contribution in [0.5, 0.6) is 0 Å². The van der Waals surface area contributed by atoms with Gasteiger partial charge in [0.1, 0.15) is 23.6 Å². The lowest BCUT2D eigenvalue weighted by Crippen LogP contribution is -2.50. The molecule has 2 heterocycles. The lowest BCUT2D eigenvalue weighted by Gasteiger charge is -2.42. The van der Waals surface area contributed by atoms with Crippen molar-refractivity contribution in [2.75, 3.05) is 13.7 Å². The van der Waals surface area contributed by atoms with Crippen LogP contribution in [-0.4, -0.2) is 30.4 Å². The van der Waals surface area contributed by atoms with Gasteiger partial charge in [0.25, 0.3) is 0 Å². The summed E-state index contributed by atoms with van der Waals surface area (Å²) in [6.07, 6.45) is 3.74. The van der Waals surface area contributed by atoms with Crippen molar-refractivity contribution in [1.82, 2.24) is 4.90 Å². The van der Waals surface area contributed by atoms with Crippen molar-refractivity contribution in [2.45, 2.75) is 37.6 Å². The summed E-state index contributed by atoms with van der Waals surface area (Å²) in [6, 6.07) is 23.1. The van der Waals surface area contributed by atoms with Crippen LogP contribution in [-0.2, 0) is 15.9 Å². The maximum Gasteiger partial charge on any atom is 0.140 e. The predicted molar refractivity (Wildman–Crippen MR) is 108 cm³/mol. The van der Waals surface area contributed by atoms with Gasteiger partial charge in [0.15, 0.2) is 0 Å². The van der Waals surface area contributed by atoms with Gasteiger partial charge in [0.2, 0.25) is 0 Å². The van der Waals surface area contributed by atoms with Crippen LogP contribution in [0.25, 0.3) is 0 Å². The number of allylic oxidation sites excluding steroid dienone is 2.